The smallest absolute Gasteiger partial charge is 0.342 e. The van der Waals surface area contributed by atoms with Gasteiger partial charge in [0.1, 0.15) is 5.56 Å². The van der Waals surface area contributed by atoms with Gasteiger partial charge in [-0.05, 0) is 5.41 Å². The van der Waals surface area contributed by atoms with Crippen molar-refractivity contribution in [1.82, 2.24) is 9.97 Å². The van der Waals surface area contributed by atoms with E-state index in [1.807, 2.05) is 0 Å². The summed E-state index contributed by atoms with van der Waals surface area (Å²) in [7, 11) is 0. The Morgan fingerprint density at radius 1 is 1.44 bits per heavy atom. The molecule has 16 heavy (non-hydrogen) atoms. The molecule has 0 aliphatic carbocycles. The van der Waals surface area contributed by atoms with E-state index in [2.05, 4.69) is 9.97 Å². The lowest BCUT2D eigenvalue weighted by Gasteiger charge is -1.96. The fourth-order valence-corrected chi connectivity index (χ4v) is 1.33. The number of hydrogen-bond acceptors (Lipinski definition) is 5. The molecule has 0 fully saturated rings. The van der Waals surface area contributed by atoms with Crippen LogP contribution >= 0.6 is 11.8 Å². The highest BCUT2D eigenvalue weighted by atomic mass is 32.2. The van der Waals surface area contributed by atoms with Gasteiger partial charge in [-0.15, -0.1) is 0 Å². The summed E-state index contributed by atoms with van der Waals surface area (Å²) < 4.78 is 0. The van der Waals surface area contributed by atoms with E-state index in [1.54, 1.807) is 0 Å². The monoisotopic (exact) mass is 242 g/mol. The van der Waals surface area contributed by atoms with Gasteiger partial charge in [0.05, 0.1) is 0 Å². The number of carbonyl (C=O) groups is 2. The van der Waals surface area contributed by atoms with Crippen molar-refractivity contribution < 1.29 is 19.8 Å². The average molecular weight is 242 g/mol. The highest BCUT2D eigenvalue weighted by Crippen LogP contribution is 2.11. The molecule has 1 aromatic heterocycles. The van der Waals surface area contributed by atoms with E-state index in [0.29, 0.717) is 0 Å². The summed E-state index contributed by atoms with van der Waals surface area (Å²) >= 11 is 0.862. The molecule has 0 saturated heterocycles. The maximum atomic E-state index is 11.1. The lowest BCUT2D eigenvalue weighted by molar-refractivity contribution is -0.131. The summed E-state index contributed by atoms with van der Waals surface area (Å²) in [6, 6.07) is 0. The number of rotatable bonds is 4. The third-order valence-electron chi connectivity index (χ3n) is 1.40. The van der Waals surface area contributed by atoms with E-state index < -0.39 is 23.1 Å². The second-order valence-corrected chi connectivity index (χ2v) is 3.39. The third kappa shape index (κ3) is 3.24. The molecule has 0 amide bonds. The van der Waals surface area contributed by atoms with Crippen LogP contribution in [-0.2, 0) is 4.79 Å². The van der Waals surface area contributed by atoms with Crippen LogP contribution in [0, 0.1) is 0 Å². The van der Waals surface area contributed by atoms with Crippen LogP contribution in [0.1, 0.15) is 10.4 Å². The summed E-state index contributed by atoms with van der Waals surface area (Å²) in [5.41, 5.74) is -1.25. The lowest BCUT2D eigenvalue weighted by atomic mass is 10.3. The molecule has 8 heteroatoms. The van der Waals surface area contributed by atoms with Gasteiger partial charge in [-0.3, -0.25) is 4.79 Å². The van der Waals surface area contributed by atoms with E-state index in [4.69, 9.17) is 10.2 Å². The number of aromatic carboxylic acids is 1. The summed E-state index contributed by atoms with van der Waals surface area (Å²) in [4.78, 5) is 37.6. The second-order valence-electron chi connectivity index (χ2n) is 2.50. The standard InChI is InChI=1S/C8H6N2O5S/c11-5(12)1-2-16-8-9-3-4(7(14)15)6(13)10-8/h1-3H,(H,11,12)(H,14,15)(H,9,10,13)/b2-1-. The number of carboxylic acids is 2. The molecule has 0 unspecified atom stereocenters. The molecule has 0 spiro atoms. The Morgan fingerprint density at radius 2 is 2.12 bits per heavy atom. The molecule has 0 bridgehead atoms. The van der Waals surface area contributed by atoms with Crippen molar-refractivity contribution >= 4 is 23.7 Å². The van der Waals surface area contributed by atoms with Crippen LogP contribution in [0.4, 0.5) is 0 Å². The number of aromatic amines is 1. The predicted molar refractivity (Wildman–Crippen MR) is 54.4 cm³/mol. The molecule has 84 valence electrons. The highest BCUT2D eigenvalue weighted by Gasteiger charge is 2.09. The van der Waals surface area contributed by atoms with Crippen LogP contribution in [0.2, 0.25) is 0 Å². The molecule has 1 rings (SSSR count). The van der Waals surface area contributed by atoms with E-state index in [0.717, 1.165) is 24.0 Å². The molecule has 0 radical (unpaired) electrons. The SMILES string of the molecule is O=C(O)/C=C\Sc1ncc(C(=O)O)c(=O)[nH]1. The lowest BCUT2D eigenvalue weighted by Crippen LogP contribution is -2.18. The zero-order chi connectivity index (χ0) is 12.1. The Balaban J connectivity index is 2.86. The van der Waals surface area contributed by atoms with Crippen LogP contribution < -0.4 is 5.56 Å². The number of nitrogens with one attached hydrogen (secondary N) is 1. The number of thioether (sulfide) groups is 1. The first kappa shape index (κ1) is 12.0. The summed E-state index contributed by atoms with van der Waals surface area (Å²) in [5, 5.41) is 18.2. The molecule has 3 N–H and O–H groups in total. The Morgan fingerprint density at radius 3 is 2.62 bits per heavy atom. The van der Waals surface area contributed by atoms with Crippen molar-refractivity contribution in [2.45, 2.75) is 5.16 Å². The highest BCUT2D eigenvalue weighted by molar-refractivity contribution is 8.02. The molecule has 0 atom stereocenters. The van der Waals surface area contributed by atoms with E-state index in [9.17, 15) is 14.4 Å². The Labute approximate surface area is 92.8 Å². The third-order valence-corrected chi connectivity index (χ3v) is 2.10. The largest absolute Gasteiger partial charge is 0.478 e. The van der Waals surface area contributed by atoms with Crippen molar-refractivity contribution in [3.05, 3.63) is 33.6 Å². The second kappa shape index (κ2) is 5.12. The van der Waals surface area contributed by atoms with Gasteiger partial charge in [-0.1, -0.05) is 11.8 Å². The predicted octanol–water partition coefficient (Wildman–Crippen LogP) is 0.159. The fraction of sp³-hybridized carbons (Fsp3) is 0. The minimum atomic E-state index is -1.37. The van der Waals surface area contributed by atoms with Crippen LogP contribution in [0.5, 0.6) is 0 Å². The number of H-pyrrole nitrogens is 1. The Hall–Kier alpha value is -2.09. The van der Waals surface area contributed by atoms with Gasteiger partial charge >= 0.3 is 11.9 Å². The summed E-state index contributed by atoms with van der Waals surface area (Å²) in [6.07, 6.45) is 1.79. The number of carboxylic acid groups (broad SMARTS) is 2. The van der Waals surface area contributed by atoms with Gasteiger partial charge in [-0.2, -0.15) is 0 Å². The van der Waals surface area contributed by atoms with Crippen molar-refractivity contribution in [2.75, 3.05) is 0 Å². The number of nitrogens with zero attached hydrogens (tertiary/aromatic N) is 1. The van der Waals surface area contributed by atoms with E-state index in [1.165, 1.54) is 5.41 Å². The van der Waals surface area contributed by atoms with Gasteiger partial charge in [0.15, 0.2) is 5.16 Å². The minimum absolute atomic E-state index is 0.118. The number of aromatic nitrogens is 2. The molecule has 7 nitrogen and oxygen atoms in total. The van der Waals surface area contributed by atoms with Crippen molar-refractivity contribution in [1.29, 1.82) is 0 Å². The van der Waals surface area contributed by atoms with E-state index >= 15 is 0 Å². The average Bonchev–Trinajstić information content (AvgIpc) is 2.16. The maximum Gasteiger partial charge on any atom is 0.342 e. The molecule has 0 aromatic carbocycles. The normalized spacial score (nSPS) is 10.5. The summed E-state index contributed by atoms with van der Waals surface area (Å²) in [6.45, 7) is 0. The first-order valence-corrected chi connectivity index (χ1v) is 4.77. The number of hydrogen-bond donors (Lipinski definition) is 3. The first-order chi connectivity index (χ1) is 7.50. The topological polar surface area (TPSA) is 120 Å². The Kier molecular flexibility index (Phi) is 3.84. The Bertz CT molecular complexity index is 507. The van der Waals surface area contributed by atoms with Crippen LogP contribution in [0.15, 0.2) is 27.6 Å². The molecule has 1 heterocycles. The van der Waals surface area contributed by atoms with Crippen molar-refractivity contribution in [2.24, 2.45) is 0 Å². The van der Waals surface area contributed by atoms with Crippen LogP contribution in [0.3, 0.4) is 0 Å². The molecule has 0 aliphatic heterocycles. The molecular formula is C8H6N2O5S. The quantitative estimate of drug-likeness (QED) is 0.390. The van der Waals surface area contributed by atoms with Crippen LogP contribution in [0.25, 0.3) is 0 Å². The van der Waals surface area contributed by atoms with Gasteiger partial charge < -0.3 is 15.2 Å². The zero-order valence-corrected chi connectivity index (χ0v) is 8.52. The zero-order valence-electron chi connectivity index (χ0n) is 7.71. The minimum Gasteiger partial charge on any atom is -0.478 e. The summed E-state index contributed by atoms with van der Waals surface area (Å²) in [5.74, 6) is -2.50. The van der Waals surface area contributed by atoms with Crippen molar-refractivity contribution in [3.8, 4) is 0 Å². The van der Waals surface area contributed by atoms with Crippen molar-refractivity contribution in [3.63, 3.8) is 0 Å². The fourth-order valence-electron chi connectivity index (χ4n) is 0.747. The van der Waals surface area contributed by atoms with Gasteiger partial charge in [0.2, 0.25) is 0 Å². The van der Waals surface area contributed by atoms with E-state index in [-0.39, 0.29) is 5.16 Å². The van der Waals surface area contributed by atoms with Crippen LogP contribution in [-0.4, -0.2) is 32.1 Å². The van der Waals surface area contributed by atoms with Gasteiger partial charge in [0, 0.05) is 12.3 Å². The first-order valence-electron chi connectivity index (χ1n) is 3.89. The molecule has 1 aromatic rings. The van der Waals surface area contributed by atoms with Gasteiger partial charge in [-0.25, -0.2) is 14.6 Å². The number of aliphatic carboxylic acids is 1. The molecular weight excluding hydrogens is 236 g/mol. The molecule has 0 aliphatic rings. The molecule has 0 saturated carbocycles. The maximum absolute atomic E-state index is 11.1. The van der Waals surface area contributed by atoms with Gasteiger partial charge in [0.25, 0.3) is 5.56 Å².